The number of nitrogens with zero attached hydrogens (tertiary/aromatic N) is 4. The quantitative estimate of drug-likeness (QED) is 0.878. The first kappa shape index (κ1) is 17.5. The second-order valence-corrected chi connectivity index (χ2v) is 7.08. The van der Waals surface area contributed by atoms with E-state index in [1.54, 1.807) is 17.3 Å². The smallest absolute Gasteiger partial charge is 0.229 e. The number of nitrogens with one attached hydrogen (secondary N) is 1. The van der Waals surface area contributed by atoms with Gasteiger partial charge in [0.1, 0.15) is 5.82 Å². The molecule has 4 rings (SSSR count). The molecular weight excluding hydrogens is 342 g/mol. The summed E-state index contributed by atoms with van der Waals surface area (Å²) in [6, 6.07) is 9.43. The van der Waals surface area contributed by atoms with E-state index in [-0.39, 0.29) is 24.2 Å². The van der Waals surface area contributed by atoms with E-state index in [0.29, 0.717) is 18.8 Å². The molecule has 2 aliphatic heterocycles. The van der Waals surface area contributed by atoms with Gasteiger partial charge in [0, 0.05) is 32.3 Å². The zero-order valence-electron chi connectivity index (χ0n) is 15.2. The number of hydrogen-bond donors (Lipinski definition) is 1. The molecule has 0 radical (unpaired) electrons. The van der Waals surface area contributed by atoms with Crippen LogP contribution in [0.1, 0.15) is 25.0 Å². The molecule has 2 aliphatic rings. The summed E-state index contributed by atoms with van der Waals surface area (Å²) < 4.78 is 0. The topological polar surface area (TPSA) is 78.4 Å². The number of carbonyl (C=O) groups excluding carboxylic acids is 2. The lowest BCUT2D eigenvalue weighted by molar-refractivity contribution is -0.128. The van der Waals surface area contributed by atoms with E-state index >= 15 is 0 Å². The lowest BCUT2D eigenvalue weighted by Gasteiger charge is -2.17. The Bertz CT molecular complexity index is 803. The van der Waals surface area contributed by atoms with Gasteiger partial charge in [-0.15, -0.1) is 0 Å². The van der Waals surface area contributed by atoms with E-state index in [1.807, 2.05) is 30.3 Å². The summed E-state index contributed by atoms with van der Waals surface area (Å²) in [6.45, 7) is 2.93. The van der Waals surface area contributed by atoms with E-state index in [9.17, 15) is 9.59 Å². The van der Waals surface area contributed by atoms with Crippen LogP contribution in [0.4, 0.5) is 11.5 Å². The fraction of sp³-hybridized carbons (Fsp3) is 0.400. The SMILES string of the molecule is O=C(Nc1ccc(N2CCCC2)nc1)[C@@H]1CC(=O)N(Cc2ccccn2)C1. The van der Waals surface area contributed by atoms with Gasteiger partial charge in [-0.1, -0.05) is 6.07 Å². The van der Waals surface area contributed by atoms with Crippen molar-refractivity contribution >= 4 is 23.3 Å². The van der Waals surface area contributed by atoms with Crippen molar-refractivity contribution in [2.75, 3.05) is 29.9 Å². The van der Waals surface area contributed by atoms with Crippen molar-refractivity contribution in [2.45, 2.75) is 25.8 Å². The van der Waals surface area contributed by atoms with E-state index in [0.717, 1.165) is 24.6 Å². The lowest BCUT2D eigenvalue weighted by Crippen LogP contribution is -2.28. The Morgan fingerprint density at radius 3 is 2.70 bits per heavy atom. The molecule has 0 bridgehead atoms. The molecule has 0 aliphatic carbocycles. The summed E-state index contributed by atoms with van der Waals surface area (Å²) in [5.74, 6) is 0.452. The van der Waals surface area contributed by atoms with E-state index < -0.39 is 0 Å². The minimum Gasteiger partial charge on any atom is -0.357 e. The van der Waals surface area contributed by atoms with Crippen molar-refractivity contribution in [1.29, 1.82) is 0 Å². The molecule has 1 atom stereocenters. The van der Waals surface area contributed by atoms with Gasteiger partial charge < -0.3 is 15.1 Å². The number of hydrogen-bond acceptors (Lipinski definition) is 5. The Hall–Kier alpha value is -2.96. The van der Waals surface area contributed by atoms with Crippen molar-refractivity contribution in [3.05, 3.63) is 48.4 Å². The third-order valence-electron chi connectivity index (χ3n) is 5.11. The molecule has 7 heteroatoms. The zero-order valence-corrected chi connectivity index (χ0v) is 15.2. The third kappa shape index (κ3) is 4.07. The van der Waals surface area contributed by atoms with Crippen LogP contribution in [0.25, 0.3) is 0 Å². The highest BCUT2D eigenvalue weighted by Crippen LogP contribution is 2.23. The minimum absolute atomic E-state index is 0.0108. The van der Waals surface area contributed by atoms with Gasteiger partial charge >= 0.3 is 0 Å². The molecule has 27 heavy (non-hydrogen) atoms. The molecule has 140 valence electrons. The highest BCUT2D eigenvalue weighted by molar-refractivity contribution is 5.97. The molecule has 0 aromatic carbocycles. The van der Waals surface area contributed by atoms with Crippen LogP contribution in [0.5, 0.6) is 0 Å². The highest BCUT2D eigenvalue weighted by Gasteiger charge is 2.34. The first-order valence-electron chi connectivity index (χ1n) is 9.38. The molecule has 0 unspecified atom stereocenters. The fourth-order valence-electron chi connectivity index (χ4n) is 3.63. The van der Waals surface area contributed by atoms with Gasteiger partial charge in [0.05, 0.1) is 30.0 Å². The largest absolute Gasteiger partial charge is 0.357 e. The Balaban J connectivity index is 1.33. The van der Waals surface area contributed by atoms with E-state index in [1.165, 1.54) is 12.8 Å². The standard InChI is InChI=1S/C20H23N5O2/c26-19-11-15(13-25(19)14-17-5-1-2-8-21-17)20(27)23-16-6-7-18(22-12-16)24-9-3-4-10-24/h1-2,5-8,12,15H,3-4,9-11,13-14H2,(H,23,27)/t15-/m1/s1. The minimum atomic E-state index is -0.348. The van der Waals surface area contributed by atoms with Gasteiger partial charge in [-0.3, -0.25) is 14.6 Å². The summed E-state index contributed by atoms with van der Waals surface area (Å²) >= 11 is 0. The lowest BCUT2D eigenvalue weighted by atomic mass is 10.1. The second-order valence-electron chi connectivity index (χ2n) is 7.08. The van der Waals surface area contributed by atoms with Gasteiger partial charge in [0.25, 0.3) is 0 Å². The van der Waals surface area contributed by atoms with Gasteiger partial charge in [0.15, 0.2) is 0 Å². The highest BCUT2D eigenvalue weighted by atomic mass is 16.2. The van der Waals surface area contributed by atoms with E-state index in [2.05, 4.69) is 20.2 Å². The summed E-state index contributed by atoms with van der Waals surface area (Å²) in [7, 11) is 0. The Labute approximate surface area is 158 Å². The molecule has 1 N–H and O–H groups in total. The predicted octanol–water partition coefficient (Wildman–Crippen LogP) is 2.06. The number of aromatic nitrogens is 2. The molecule has 0 spiro atoms. The van der Waals surface area contributed by atoms with Crippen molar-refractivity contribution in [1.82, 2.24) is 14.9 Å². The average molecular weight is 365 g/mol. The Morgan fingerprint density at radius 1 is 1.15 bits per heavy atom. The molecule has 2 saturated heterocycles. The van der Waals surface area contributed by atoms with Crippen LogP contribution < -0.4 is 10.2 Å². The van der Waals surface area contributed by atoms with Crippen LogP contribution in [0.3, 0.4) is 0 Å². The summed E-state index contributed by atoms with van der Waals surface area (Å²) in [5.41, 5.74) is 1.49. The van der Waals surface area contributed by atoms with Gasteiger partial charge in [0.2, 0.25) is 11.8 Å². The van der Waals surface area contributed by atoms with Crippen LogP contribution >= 0.6 is 0 Å². The average Bonchev–Trinajstić information content (AvgIpc) is 3.34. The van der Waals surface area contributed by atoms with E-state index in [4.69, 9.17) is 0 Å². The second kappa shape index (κ2) is 7.73. The monoisotopic (exact) mass is 365 g/mol. The van der Waals surface area contributed by atoms with Crippen molar-refractivity contribution < 1.29 is 9.59 Å². The number of likely N-dealkylation sites (tertiary alicyclic amines) is 1. The number of pyridine rings is 2. The molecule has 4 heterocycles. The van der Waals surface area contributed by atoms with Crippen molar-refractivity contribution in [3.63, 3.8) is 0 Å². The zero-order chi connectivity index (χ0) is 18.6. The predicted molar refractivity (Wildman–Crippen MR) is 102 cm³/mol. The molecule has 2 aromatic rings. The molecule has 0 saturated carbocycles. The Morgan fingerprint density at radius 2 is 2.00 bits per heavy atom. The molecular formula is C20H23N5O2. The fourth-order valence-corrected chi connectivity index (χ4v) is 3.63. The Kier molecular flexibility index (Phi) is 5.00. The van der Waals surface area contributed by atoms with Crippen LogP contribution in [0, 0.1) is 5.92 Å². The normalized spacial score (nSPS) is 19.6. The van der Waals surface area contributed by atoms with Crippen LogP contribution in [0.2, 0.25) is 0 Å². The summed E-state index contributed by atoms with van der Waals surface area (Å²) in [6.07, 6.45) is 6.03. The number of amides is 2. The number of carbonyl (C=O) groups is 2. The van der Waals surface area contributed by atoms with Gasteiger partial charge in [-0.05, 0) is 37.1 Å². The van der Waals surface area contributed by atoms with Crippen LogP contribution in [-0.4, -0.2) is 46.3 Å². The summed E-state index contributed by atoms with van der Waals surface area (Å²) in [4.78, 5) is 37.4. The van der Waals surface area contributed by atoms with Crippen molar-refractivity contribution in [2.24, 2.45) is 5.92 Å². The molecule has 2 amide bonds. The maximum Gasteiger partial charge on any atom is 0.229 e. The van der Waals surface area contributed by atoms with Crippen molar-refractivity contribution in [3.8, 4) is 0 Å². The maximum absolute atomic E-state index is 12.6. The molecule has 7 nitrogen and oxygen atoms in total. The number of anilines is 2. The molecule has 2 aromatic heterocycles. The number of rotatable bonds is 5. The third-order valence-corrected chi connectivity index (χ3v) is 5.11. The first-order valence-corrected chi connectivity index (χ1v) is 9.38. The maximum atomic E-state index is 12.6. The van der Waals surface area contributed by atoms with Crippen LogP contribution in [0.15, 0.2) is 42.7 Å². The first-order chi connectivity index (χ1) is 13.2. The van der Waals surface area contributed by atoms with Gasteiger partial charge in [-0.2, -0.15) is 0 Å². The van der Waals surface area contributed by atoms with Crippen LogP contribution in [-0.2, 0) is 16.1 Å². The molecule has 2 fully saturated rings. The van der Waals surface area contributed by atoms with Gasteiger partial charge in [-0.25, -0.2) is 4.98 Å². The summed E-state index contributed by atoms with van der Waals surface area (Å²) in [5, 5.41) is 2.89.